The molecule has 38 heavy (non-hydrogen) atoms. The fourth-order valence-electron chi connectivity index (χ4n) is 4.36. The number of nitrogens with zero attached hydrogens (tertiary/aromatic N) is 3. The normalized spacial score (nSPS) is 11.7. The van der Waals surface area contributed by atoms with Crippen LogP contribution < -0.4 is 0 Å². The van der Waals surface area contributed by atoms with Gasteiger partial charge in [0.05, 0.1) is 18.1 Å². The van der Waals surface area contributed by atoms with Crippen molar-refractivity contribution < 1.29 is 14.6 Å². The number of hydrogen-bond acceptors (Lipinski definition) is 6. The lowest BCUT2D eigenvalue weighted by Crippen LogP contribution is -2.18. The van der Waals surface area contributed by atoms with Gasteiger partial charge in [0.2, 0.25) is 0 Å². The Morgan fingerprint density at radius 3 is 1.97 bits per heavy atom. The van der Waals surface area contributed by atoms with Gasteiger partial charge in [-0.25, -0.2) is 15.0 Å². The van der Waals surface area contributed by atoms with Crippen molar-refractivity contribution in [3.8, 4) is 39.9 Å². The molecule has 0 saturated heterocycles. The molecular weight excluding hydrogens is 474 g/mol. The standard InChI is InChI=1S/C32H35N3O3/c1-3-5-14-24(4-2)32(37)38-21-12-13-23-19-20-27(28(36)22-23)31-34-29(25-15-8-6-9-16-25)33-30(35-31)26-17-10-7-11-18-26/h6-11,15-20,22,24,36H,3-5,12-14,21H2,1-2H3. The largest absolute Gasteiger partial charge is 0.507 e. The van der Waals surface area contributed by atoms with Crippen LogP contribution in [0.15, 0.2) is 78.9 Å². The molecule has 0 spiro atoms. The van der Waals surface area contributed by atoms with Gasteiger partial charge >= 0.3 is 5.97 Å². The zero-order chi connectivity index (χ0) is 26.7. The van der Waals surface area contributed by atoms with Crippen LogP contribution in [0.4, 0.5) is 0 Å². The van der Waals surface area contributed by atoms with E-state index in [1.807, 2.05) is 79.7 Å². The van der Waals surface area contributed by atoms with Crippen LogP contribution in [0.1, 0.15) is 51.5 Å². The predicted octanol–water partition coefficient (Wildman–Crippen LogP) is 7.27. The lowest BCUT2D eigenvalue weighted by Gasteiger charge is -2.14. The fraction of sp³-hybridized carbons (Fsp3) is 0.312. The minimum atomic E-state index is -0.0996. The van der Waals surface area contributed by atoms with E-state index >= 15 is 0 Å². The van der Waals surface area contributed by atoms with Gasteiger partial charge in [0, 0.05) is 11.1 Å². The Morgan fingerprint density at radius 2 is 1.42 bits per heavy atom. The summed E-state index contributed by atoms with van der Waals surface area (Å²) in [5, 5.41) is 10.9. The van der Waals surface area contributed by atoms with Crippen molar-refractivity contribution in [3.63, 3.8) is 0 Å². The number of aryl methyl sites for hydroxylation is 1. The van der Waals surface area contributed by atoms with Crippen molar-refractivity contribution >= 4 is 5.97 Å². The minimum Gasteiger partial charge on any atom is -0.507 e. The number of carbonyl (C=O) groups excluding carboxylic acids is 1. The molecule has 1 unspecified atom stereocenters. The van der Waals surface area contributed by atoms with Crippen molar-refractivity contribution in [1.29, 1.82) is 0 Å². The molecule has 1 aromatic heterocycles. The lowest BCUT2D eigenvalue weighted by atomic mass is 10.00. The van der Waals surface area contributed by atoms with Gasteiger partial charge in [0.25, 0.3) is 0 Å². The van der Waals surface area contributed by atoms with Crippen LogP contribution in [0.2, 0.25) is 0 Å². The Hall–Kier alpha value is -4.06. The zero-order valence-electron chi connectivity index (χ0n) is 22.1. The molecule has 0 amide bonds. The van der Waals surface area contributed by atoms with Crippen molar-refractivity contribution in [3.05, 3.63) is 84.4 Å². The van der Waals surface area contributed by atoms with Crippen LogP contribution >= 0.6 is 0 Å². The minimum absolute atomic E-state index is 0.0137. The summed E-state index contributed by atoms with van der Waals surface area (Å²) < 4.78 is 5.52. The first kappa shape index (κ1) is 27.0. The Balaban J connectivity index is 1.49. The molecule has 0 saturated carbocycles. The van der Waals surface area contributed by atoms with Gasteiger partial charge in [-0.1, -0.05) is 93.4 Å². The van der Waals surface area contributed by atoms with Crippen LogP contribution in [0.25, 0.3) is 34.2 Å². The number of benzene rings is 3. The number of phenols is 1. The third-order valence-corrected chi connectivity index (χ3v) is 6.59. The Kier molecular flexibility index (Phi) is 9.57. The molecule has 0 aliphatic rings. The summed E-state index contributed by atoms with van der Waals surface area (Å²) in [4.78, 5) is 26.4. The number of aromatic nitrogens is 3. The van der Waals surface area contributed by atoms with E-state index in [9.17, 15) is 9.90 Å². The highest BCUT2D eigenvalue weighted by Gasteiger charge is 2.18. The summed E-state index contributed by atoms with van der Waals surface area (Å²) in [5.41, 5.74) is 3.25. The average molecular weight is 510 g/mol. The molecular formula is C32H35N3O3. The van der Waals surface area contributed by atoms with Gasteiger partial charge in [-0.2, -0.15) is 0 Å². The second kappa shape index (κ2) is 13.5. The summed E-state index contributed by atoms with van der Waals surface area (Å²) in [7, 11) is 0. The first-order chi connectivity index (χ1) is 18.6. The summed E-state index contributed by atoms with van der Waals surface area (Å²) in [6, 6.07) is 25.0. The van der Waals surface area contributed by atoms with Crippen molar-refractivity contribution in [2.45, 2.75) is 52.4 Å². The van der Waals surface area contributed by atoms with Gasteiger partial charge in [-0.3, -0.25) is 4.79 Å². The highest BCUT2D eigenvalue weighted by atomic mass is 16.5. The quantitative estimate of drug-likeness (QED) is 0.160. The predicted molar refractivity (Wildman–Crippen MR) is 150 cm³/mol. The topological polar surface area (TPSA) is 85.2 Å². The third-order valence-electron chi connectivity index (χ3n) is 6.59. The molecule has 3 aromatic carbocycles. The number of rotatable bonds is 12. The van der Waals surface area contributed by atoms with Crippen molar-refractivity contribution in [1.82, 2.24) is 15.0 Å². The molecule has 6 heteroatoms. The van der Waals surface area contributed by atoms with E-state index in [1.54, 1.807) is 6.07 Å². The van der Waals surface area contributed by atoms with E-state index in [4.69, 9.17) is 19.7 Å². The first-order valence-electron chi connectivity index (χ1n) is 13.4. The van der Waals surface area contributed by atoms with Crippen LogP contribution in [0, 0.1) is 5.92 Å². The van der Waals surface area contributed by atoms with Crippen LogP contribution in [-0.4, -0.2) is 32.6 Å². The number of carbonyl (C=O) groups is 1. The molecule has 1 atom stereocenters. The van der Waals surface area contributed by atoms with Crippen LogP contribution in [-0.2, 0) is 16.0 Å². The van der Waals surface area contributed by atoms with E-state index in [-0.39, 0.29) is 17.6 Å². The van der Waals surface area contributed by atoms with E-state index in [1.165, 1.54) is 0 Å². The molecule has 0 aliphatic heterocycles. The van der Waals surface area contributed by atoms with E-state index in [0.29, 0.717) is 42.5 Å². The van der Waals surface area contributed by atoms with Gasteiger partial charge in [-0.15, -0.1) is 0 Å². The SMILES string of the molecule is CCCCC(CC)C(=O)OCCCc1ccc(-c2nc(-c3ccccc3)nc(-c3ccccc3)n2)c(O)c1. The summed E-state index contributed by atoms with van der Waals surface area (Å²) >= 11 is 0. The highest BCUT2D eigenvalue weighted by Crippen LogP contribution is 2.31. The Bertz CT molecular complexity index is 1270. The summed E-state index contributed by atoms with van der Waals surface area (Å²) in [6.07, 6.45) is 5.19. The maximum absolute atomic E-state index is 12.3. The van der Waals surface area contributed by atoms with Gasteiger partial charge in [-0.05, 0) is 43.4 Å². The zero-order valence-corrected chi connectivity index (χ0v) is 22.1. The summed E-state index contributed by atoms with van der Waals surface area (Å²) in [6.45, 7) is 4.53. The number of aromatic hydroxyl groups is 1. The molecule has 0 bridgehead atoms. The average Bonchev–Trinajstić information content (AvgIpc) is 2.96. The second-order valence-corrected chi connectivity index (χ2v) is 9.41. The maximum atomic E-state index is 12.3. The number of hydrogen-bond donors (Lipinski definition) is 1. The number of esters is 1. The number of unbranched alkanes of at least 4 members (excludes halogenated alkanes) is 1. The van der Waals surface area contributed by atoms with E-state index in [0.717, 1.165) is 42.4 Å². The molecule has 1 N–H and O–H groups in total. The summed E-state index contributed by atoms with van der Waals surface area (Å²) in [5.74, 6) is 1.49. The molecule has 196 valence electrons. The molecule has 0 aliphatic carbocycles. The van der Waals surface area contributed by atoms with Gasteiger partial charge in [0.1, 0.15) is 5.75 Å². The molecule has 0 fully saturated rings. The van der Waals surface area contributed by atoms with Gasteiger partial charge < -0.3 is 9.84 Å². The molecule has 6 nitrogen and oxygen atoms in total. The van der Waals surface area contributed by atoms with E-state index in [2.05, 4.69) is 6.92 Å². The number of phenolic OH excluding ortho intramolecular Hbond substituents is 1. The molecule has 4 aromatic rings. The third kappa shape index (κ3) is 7.03. The second-order valence-electron chi connectivity index (χ2n) is 9.41. The smallest absolute Gasteiger partial charge is 0.308 e. The van der Waals surface area contributed by atoms with Crippen molar-refractivity contribution in [2.24, 2.45) is 5.92 Å². The molecule has 1 heterocycles. The van der Waals surface area contributed by atoms with Crippen LogP contribution in [0.3, 0.4) is 0 Å². The maximum Gasteiger partial charge on any atom is 0.308 e. The fourth-order valence-corrected chi connectivity index (χ4v) is 4.36. The number of ether oxygens (including phenoxy) is 1. The lowest BCUT2D eigenvalue weighted by molar-refractivity contribution is -0.149. The Morgan fingerprint density at radius 1 is 0.816 bits per heavy atom. The molecule has 4 rings (SSSR count). The first-order valence-corrected chi connectivity index (χ1v) is 13.4. The Labute approximate surface area is 224 Å². The molecule has 0 radical (unpaired) electrons. The monoisotopic (exact) mass is 509 g/mol. The van der Waals surface area contributed by atoms with Crippen molar-refractivity contribution in [2.75, 3.05) is 6.61 Å². The van der Waals surface area contributed by atoms with E-state index < -0.39 is 0 Å². The van der Waals surface area contributed by atoms with Crippen LogP contribution in [0.5, 0.6) is 5.75 Å². The van der Waals surface area contributed by atoms with Gasteiger partial charge in [0.15, 0.2) is 17.5 Å². The highest BCUT2D eigenvalue weighted by molar-refractivity contribution is 5.72.